The van der Waals surface area contributed by atoms with Gasteiger partial charge in [0.1, 0.15) is 9.92 Å². The number of aliphatic hydroxyl groups excluding tert-OH is 2. The van der Waals surface area contributed by atoms with Crippen molar-refractivity contribution in [1.82, 2.24) is 19.6 Å². The van der Waals surface area contributed by atoms with E-state index in [1.165, 1.54) is 39.9 Å². The summed E-state index contributed by atoms with van der Waals surface area (Å²) in [5.41, 5.74) is 3.55. The summed E-state index contributed by atoms with van der Waals surface area (Å²) >= 11 is 6.45. The van der Waals surface area contributed by atoms with Crippen molar-refractivity contribution in [2.45, 2.75) is 49.1 Å². The maximum Gasteiger partial charge on any atom is 0.256 e. The fourth-order valence-electron chi connectivity index (χ4n) is 5.33. The Morgan fingerprint density at radius 2 is 1.93 bits per heavy atom. The molecule has 3 aromatic rings. The molecule has 1 aliphatic heterocycles. The molecule has 13 heteroatoms. The van der Waals surface area contributed by atoms with Crippen molar-refractivity contribution in [2.24, 2.45) is 0 Å². The molecule has 1 aliphatic carbocycles. The SMILES string of the molecule is CON(c1ccc2c(c1)CCC(NCCO)CC2)c1ncc(Cl)c(Nc2ccccc2S(=O)(=O)N2CCC(O)C2)n1. The number of aryl methyl sites for hydroxylation is 2. The van der Waals surface area contributed by atoms with Crippen molar-refractivity contribution in [3.05, 3.63) is 64.8 Å². The molecule has 1 saturated heterocycles. The van der Waals surface area contributed by atoms with Crippen LogP contribution in [0.5, 0.6) is 0 Å². The Hall–Kier alpha value is -2.84. The van der Waals surface area contributed by atoms with Gasteiger partial charge in [0.25, 0.3) is 5.95 Å². The van der Waals surface area contributed by atoms with E-state index in [9.17, 15) is 13.5 Å². The second-order valence-corrected chi connectivity index (χ2v) is 12.5. The topological polar surface area (TPSA) is 140 Å². The van der Waals surface area contributed by atoms with Gasteiger partial charge < -0.3 is 20.8 Å². The predicted molar refractivity (Wildman–Crippen MR) is 157 cm³/mol. The van der Waals surface area contributed by atoms with Crippen molar-refractivity contribution in [1.29, 1.82) is 0 Å². The number of halogens is 1. The van der Waals surface area contributed by atoms with Gasteiger partial charge in [-0.2, -0.15) is 14.4 Å². The molecule has 0 bridgehead atoms. The number of benzene rings is 2. The minimum Gasteiger partial charge on any atom is -0.395 e. The molecule has 2 heterocycles. The number of β-amino-alcohol motifs (C(OH)–C–C–N with tert-alkyl or cyclic N) is 1. The Morgan fingerprint density at radius 3 is 2.66 bits per heavy atom. The summed E-state index contributed by atoms with van der Waals surface area (Å²) in [7, 11) is -2.33. The summed E-state index contributed by atoms with van der Waals surface area (Å²) in [6.07, 6.45) is 4.95. The summed E-state index contributed by atoms with van der Waals surface area (Å²) < 4.78 is 28.0. The van der Waals surface area contributed by atoms with E-state index in [4.69, 9.17) is 21.5 Å². The third-order valence-electron chi connectivity index (χ3n) is 7.47. The minimum absolute atomic E-state index is 0.0541. The van der Waals surface area contributed by atoms with E-state index in [0.717, 1.165) is 31.4 Å². The quantitative estimate of drug-likeness (QED) is 0.202. The van der Waals surface area contributed by atoms with E-state index in [2.05, 4.69) is 32.7 Å². The Kier molecular flexibility index (Phi) is 9.39. The van der Waals surface area contributed by atoms with Crippen LogP contribution in [0.25, 0.3) is 0 Å². The zero-order chi connectivity index (χ0) is 29.0. The lowest BCUT2D eigenvalue weighted by molar-refractivity contribution is 0.189. The molecule has 1 fully saturated rings. The molecule has 41 heavy (non-hydrogen) atoms. The molecule has 1 aromatic heterocycles. The third-order valence-corrected chi connectivity index (χ3v) is 9.67. The van der Waals surface area contributed by atoms with Crippen LogP contribution in [0.1, 0.15) is 30.4 Å². The smallest absolute Gasteiger partial charge is 0.256 e. The van der Waals surface area contributed by atoms with Crippen molar-refractivity contribution >= 4 is 44.8 Å². The van der Waals surface area contributed by atoms with Crippen molar-refractivity contribution in [2.75, 3.05) is 43.7 Å². The lowest BCUT2D eigenvalue weighted by atomic mass is 10.0. The first-order chi connectivity index (χ1) is 19.8. The number of nitrogens with one attached hydrogen (secondary N) is 2. The van der Waals surface area contributed by atoms with E-state index in [0.29, 0.717) is 24.7 Å². The maximum absolute atomic E-state index is 13.4. The van der Waals surface area contributed by atoms with Crippen LogP contribution >= 0.6 is 11.6 Å². The summed E-state index contributed by atoms with van der Waals surface area (Å²) in [6, 6.07) is 13.0. The molecular weight excluding hydrogens is 568 g/mol. The molecule has 4 N–H and O–H groups in total. The standard InChI is InChI=1S/C28H35ClN6O5S/c1-40-35(22-11-8-19-6-9-21(30-13-15-36)10-7-20(19)16-22)28-31-17-24(29)27(33-28)32-25-4-2-3-5-26(25)41(38,39)34-14-12-23(37)18-34/h2-5,8,11,16-17,21,23,30,36-37H,6-7,9-10,12-15,18H2,1H3,(H,31,32,33). The zero-order valence-corrected chi connectivity index (χ0v) is 24.4. The number of sulfonamides is 1. The Balaban J connectivity index is 1.40. The molecule has 220 valence electrons. The van der Waals surface area contributed by atoms with E-state index >= 15 is 0 Å². The van der Waals surface area contributed by atoms with E-state index in [1.54, 1.807) is 18.2 Å². The fraction of sp³-hybridized carbons (Fsp3) is 0.429. The van der Waals surface area contributed by atoms with Crippen molar-refractivity contribution in [3.8, 4) is 0 Å². The van der Waals surface area contributed by atoms with Gasteiger partial charge in [-0.05, 0) is 67.5 Å². The average Bonchev–Trinajstić information content (AvgIpc) is 3.32. The number of fused-ring (bicyclic) bond motifs is 1. The van der Waals surface area contributed by atoms with Gasteiger partial charge in [-0.25, -0.2) is 13.4 Å². The Labute approximate surface area is 245 Å². The largest absolute Gasteiger partial charge is 0.395 e. The van der Waals surface area contributed by atoms with Gasteiger partial charge in [-0.15, -0.1) is 0 Å². The molecule has 0 spiro atoms. The molecule has 2 unspecified atom stereocenters. The molecule has 2 atom stereocenters. The highest BCUT2D eigenvalue weighted by Crippen LogP contribution is 2.34. The van der Waals surface area contributed by atoms with Crippen LogP contribution in [0.2, 0.25) is 5.02 Å². The molecule has 5 rings (SSSR count). The Bertz CT molecular complexity index is 1480. The van der Waals surface area contributed by atoms with Crippen LogP contribution in [-0.4, -0.2) is 78.4 Å². The number of para-hydroxylation sites is 1. The van der Waals surface area contributed by atoms with Crippen molar-refractivity contribution < 1.29 is 23.5 Å². The molecular formula is C28H35ClN6O5S. The van der Waals surface area contributed by atoms with Gasteiger partial charge in [-0.1, -0.05) is 29.8 Å². The van der Waals surface area contributed by atoms with Crippen LogP contribution in [0, 0.1) is 0 Å². The average molecular weight is 603 g/mol. The van der Waals surface area contributed by atoms with Crippen molar-refractivity contribution in [3.63, 3.8) is 0 Å². The molecule has 2 aliphatic rings. The van der Waals surface area contributed by atoms with Crippen LogP contribution in [0.15, 0.2) is 53.6 Å². The molecule has 0 amide bonds. The van der Waals surface area contributed by atoms with Gasteiger partial charge in [0.15, 0.2) is 5.82 Å². The maximum atomic E-state index is 13.4. The number of aromatic nitrogens is 2. The summed E-state index contributed by atoms with van der Waals surface area (Å²) in [6.45, 7) is 1.02. The number of aliphatic hydroxyl groups is 2. The normalized spacial score (nSPS) is 19.5. The van der Waals surface area contributed by atoms with E-state index in [-0.39, 0.29) is 41.4 Å². The lowest BCUT2D eigenvalue weighted by Gasteiger charge is -2.22. The summed E-state index contributed by atoms with van der Waals surface area (Å²) in [4.78, 5) is 14.7. The van der Waals surface area contributed by atoms with Crippen LogP contribution < -0.4 is 15.7 Å². The second-order valence-electron chi connectivity index (χ2n) is 10.2. The first-order valence-corrected chi connectivity index (χ1v) is 15.5. The minimum atomic E-state index is -3.86. The number of rotatable bonds is 10. The summed E-state index contributed by atoms with van der Waals surface area (Å²) in [5.74, 6) is 0.439. The predicted octanol–water partition coefficient (Wildman–Crippen LogP) is 3.16. The van der Waals surface area contributed by atoms with Gasteiger partial charge >= 0.3 is 0 Å². The highest BCUT2D eigenvalue weighted by atomic mass is 35.5. The Morgan fingerprint density at radius 1 is 1.15 bits per heavy atom. The van der Waals surface area contributed by atoms with Gasteiger partial charge in [-0.3, -0.25) is 4.84 Å². The highest BCUT2D eigenvalue weighted by Gasteiger charge is 2.33. The second kappa shape index (κ2) is 13.0. The highest BCUT2D eigenvalue weighted by molar-refractivity contribution is 7.89. The van der Waals surface area contributed by atoms with Crippen LogP contribution in [-0.2, 0) is 27.7 Å². The van der Waals surface area contributed by atoms with Crippen LogP contribution in [0.4, 0.5) is 23.1 Å². The monoisotopic (exact) mass is 602 g/mol. The fourth-order valence-corrected chi connectivity index (χ4v) is 7.11. The number of nitrogens with zero attached hydrogens (tertiary/aromatic N) is 4. The van der Waals surface area contributed by atoms with Gasteiger partial charge in [0.2, 0.25) is 10.0 Å². The molecule has 2 aromatic carbocycles. The van der Waals surface area contributed by atoms with Crippen LogP contribution in [0.3, 0.4) is 0 Å². The first-order valence-electron chi connectivity index (χ1n) is 13.7. The number of hydrogen-bond donors (Lipinski definition) is 4. The first kappa shape index (κ1) is 29.6. The molecule has 0 radical (unpaired) electrons. The van der Waals surface area contributed by atoms with Gasteiger partial charge in [0.05, 0.1) is 37.4 Å². The molecule has 11 nitrogen and oxygen atoms in total. The number of anilines is 4. The summed E-state index contributed by atoms with van der Waals surface area (Å²) in [5, 5.41) is 27.2. The molecule has 0 saturated carbocycles. The van der Waals surface area contributed by atoms with Gasteiger partial charge in [0, 0.05) is 25.7 Å². The number of hydrogen-bond acceptors (Lipinski definition) is 10. The lowest BCUT2D eigenvalue weighted by Crippen LogP contribution is -2.31. The zero-order valence-electron chi connectivity index (χ0n) is 22.8. The van der Waals surface area contributed by atoms with E-state index in [1.807, 2.05) is 6.07 Å². The van der Waals surface area contributed by atoms with E-state index < -0.39 is 16.1 Å². The third kappa shape index (κ3) is 6.64.